The molecule has 1 N–H and O–H groups in total. The van der Waals surface area contributed by atoms with Gasteiger partial charge in [-0.15, -0.1) is 0 Å². The van der Waals surface area contributed by atoms with E-state index < -0.39 is 0 Å². The van der Waals surface area contributed by atoms with Gasteiger partial charge in [-0.05, 0) is 6.42 Å². The average Bonchev–Trinajstić information content (AvgIpc) is 1.95. The van der Waals surface area contributed by atoms with Crippen molar-refractivity contribution in [2.45, 2.75) is 6.42 Å². The normalized spacial score (nSPS) is 20.0. The van der Waals surface area contributed by atoms with Gasteiger partial charge < -0.3 is 14.9 Å². The largest absolute Gasteiger partial charge is 0.376 e. The van der Waals surface area contributed by atoms with Crippen molar-refractivity contribution in [1.29, 1.82) is 0 Å². The first kappa shape index (κ1) is 7.34. The van der Waals surface area contributed by atoms with E-state index in [1.165, 1.54) is 4.90 Å². The molecule has 0 atom stereocenters. The predicted octanol–water partition coefficient (Wildman–Crippen LogP) is -0.306. The van der Waals surface area contributed by atoms with Crippen LogP contribution in [0, 0.1) is 0 Å². The van der Waals surface area contributed by atoms with E-state index in [0.29, 0.717) is 6.54 Å². The van der Waals surface area contributed by atoms with Gasteiger partial charge in [0.15, 0.2) is 0 Å². The lowest BCUT2D eigenvalue weighted by Crippen LogP contribution is -2.47. The van der Waals surface area contributed by atoms with Gasteiger partial charge in [-0.3, -0.25) is 0 Å². The van der Waals surface area contributed by atoms with Gasteiger partial charge in [-0.25, -0.2) is 4.79 Å². The molecule has 1 rings (SSSR count). The van der Waals surface area contributed by atoms with Gasteiger partial charge in [0.2, 0.25) is 0 Å². The zero-order valence-corrected chi connectivity index (χ0v) is 6.08. The smallest absolute Gasteiger partial charge is 0.321 e. The van der Waals surface area contributed by atoms with E-state index >= 15 is 0 Å². The number of rotatable bonds is 1. The van der Waals surface area contributed by atoms with E-state index in [1.807, 2.05) is 0 Å². The van der Waals surface area contributed by atoms with Crippen molar-refractivity contribution in [1.82, 2.24) is 9.80 Å². The molecule has 0 spiro atoms. The summed E-state index contributed by atoms with van der Waals surface area (Å²) in [6, 6.07) is -0.0752. The third-order valence-corrected chi connectivity index (χ3v) is 1.69. The Kier molecular flexibility index (Phi) is 2.11. The SMILES string of the molecule is CN1CCCN(CO)C1=O. The minimum atomic E-state index is -0.164. The summed E-state index contributed by atoms with van der Waals surface area (Å²) in [5.74, 6) is 0. The maximum atomic E-state index is 11.0. The van der Waals surface area contributed by atoms with Crippen LogP contribution in [0.3, 0.4) is 0 Å². The molecule has 58 valence electrons. The number of urea groups is 1. The minimum Gasteiger partial charge on any atom is -0.376 e. The second-order valence-corrected chi connectivity index (χ2v) is 2.46. The summed E-state index contributed by atoms with van der Waals surface area (Å²) in [7, 11) is 1.74. The van der Waals surface area contributed by atoms with Gasteiger partial charge >= 0.3 is 6.03 Å². The van der Waals surface area contributed by atoms with Crippen LogP contribution in [-0.4, -0.2) is 47.8 Å². The molecule has 4 nitrogen and oxygen atoms in total. The molecule has 0 unspecified atom stereocenters. The third kappa shape index (κ3) is 1.21. The first-order chi connectivity index (χ1) is 4.75. The van der Waals surface area contributed by atoms with Gasteiger partial charge in [0.25, 0.3) is 0 Å². The molecule has 1 aliphatic rings. The van der Waals surface area contributed by atoms with Crippen LogP contribution in [0.1, 0.15) is 6.42 Å². The van der Waals surface area contributed by atoms with Crippen LogP contribution in [0.25, 0.3) is 0 Å². The van der Waals surface area contributed by atoms with Crippen molar-refractivity contribution >= 4 is 6.03 Å². The van der Waals surface area contributed by atoms with E-state index in [1.54, 1.807) is 11.9 Å². The summed E-state index contributed by atoms with van der Waals surface area (Å²) < 4.78 is 0. The number of amides is 2. The zero-order valence-electron chi connectivity index (χ0n) is 6.08. The minimum absolute atomic E-state index is 0.0752. The second-order valence-electron chi connectivity index (χ2n) is 2.46. The van der Waals surface area contributed by atoms with Crippen molar-refractivity contribution in [3.63, 3.8) is 0 Å². The average molecular weight is 144 g/mol. The molecule has 0 aromatic carbocycles. The molecule has 1 fully saturated rings. The Bertz CT molecular complexity index is 138. The first-order valence-electron chi connectivity index (χ1n) is 3.36. The molecule has 0 bridgehead atoms. The second kappa shape index (κ2) is 2.88. The van der Waals surface area contributed by atoms with Crippen LogP contribution < -0.4 is 0 Å². The van der Waals surface area contributed by atoms with Crippen LogP contribution in [0.2, 0.25) is 0 Å². The Hall–Kier alpha value is -0.770. The summed E-state index contributed by atoms with van der Waals surface area (Å²) in [5, 5.41) is 8.66. The molecular formula is C6H12N2O2. The number of carbonyl (C=O) groups is 1. The summed E-state index contributed by atoms with van der Waals surface area (Å²) >= 11 is 0. The number of aliphatic hydroxyl groups excluding tert-OH is 1. The van der Waals surface area contributed by atoms with Crippen molar-refractivity contribution in [2.75, 3.05) is 26.9 Å². The maximum Gasteiger partial charge on any atom is 0.321 e. The summed E-state index contributed by atoms with van der Waals surface area (Å²) in [4.78, 5) is 14.1. The Morgan fingerprint density at radius 2 is 2.30 bits per heavy atom. The Labute approximate surface area is 60.0 Å². The molecule has 0 saturated carbocycles. The van der Waals surface area contributed by atoms with E-state index in [2.05, 4.69) is 0 Å². The summed E-state index contributed by atoms with van der Waals surface area (Å²) in [6.45, 7) is 1.32. The lowest BCUT2D eigenvalue weighted by Gasteiger charge is -2.31. The number of nitrogens with zero attached hydrogens (tertiary/aromatic N) is 2. The van der Waals surface area contributed by atoms with Gasteiger partial charge in [-0.1, -0.05) is 0 Å². The molecule has 1 saturated heterocycles. The fourth-order valence-electron chi connectivity index (χ4n) is 1.06. The topological polar surface area (TPSA) is 43.8 Å². The molecule has 4 heteroatoms. The molecule has 0 radical (unpaired) electrons. The van der Waals surface area contributed by atoms with Gasteiger partial charge in [0, 0.05) is 20.1 Å². The molecule has 2 amide bonds. The molecule has 0 aliphatic carbocycles. The zero-order chi connectivity index (χ0) is 7.56. The Morgan fingerprint density at radius 3 is 2.80 bits per heavy atom. The van der Waals surface area contributed by atoms with Crippen LogP contribution >= 0.6 is 0 Å². The number of carbonyl (C=O) groups excluding carboxylic acids is 1. The third-order valence-electron chi connectivity index (χ3n) is 1.69. The molecule has 1 heterocycles. The highest BCUT2D eigenvalue weighted by Crippen LogP contribution is 2.04. The highest BCUT2D eigenvalue weighted by molar-refractivity contribution is 5.74. The lowest BCUT2D eigenvalue weighted by atomic mass is 10.3. The fraction of sp³-hybridized carbons (Fsp3) is 0.833. The van der Waals surface area contributed by atoms with Crippen molar-refractivity contribution in [2.24, 2.45) is 0 Å². The standard InChI is InChI=1S/C6H12N2O2/c1-7-3-2-4-8(5-9)6(7)10/h9H,2-5H2,1H3. The van der Waals surface area contributed by atoms with Crippen LogP contribution in [0.15, 0.2) is 0 Å². The molecular weight excluding hydrogens is 132 g/mol. The predicted molar refractivity (Wildman–Crippen MR) is 36.4 cm³/mol. The highest BCUT2D eigenvalue weighted by atomic mass is 16.3. The number of hydrogen-bond acceptors (Lipinski definition) is 2. The van der Waals surface area contributed by atoms with Crippen LogP contribution in [0.5, 0.6) is 0 Å². The van der Waals surface area contributed by atoms with E-state index in [4.69, 9.17) is 5.11 Å². The monoisotopic (exact) mass is 144 g/mol. The Morgan fingerprint density at radius 1 is 1.60 bits per heavy atom. The van der Waals surface area contributed by atoms with E-state index in [0.717, 1.165) is 13.0 Å². The lowest BCUT2D eigenvalue weighted by molar-refractivity contribution is 0.0829. The fourth-order valence-corrected chi connectivity index (χ4v) is 1.06. The quantitative estimate of drug-likeness (QED) is 0.548. The Balaban J connectivity index is 2.51. The van der Waals surface area contributed by atoms with E-state index in [-0.39, 0.29) is 12.8 Å². The van der Waals surface area contributed by atoms with Gasteiger partial charge in [0.1, 0.15) is 6.73 Å². The van der Waals surface area contributed by atoms with Crippen molar-refractivity contribution < 1.29 is 9.90 Å². The number of hydrogen-bond donors (Lipinski definition) is 1. The highest BCUT2D eigenvalue weighted by Gasteiger charge is 2.20. The van der Waals surface area contributed by atoms with Crippen molar-refractivity contribution in [3.05, 3.63) is 0 Å². The van der Waals surface area contributed by atoms with Crippen LogP contribution in [0.4, 0.5) is 4.79 Å². The summed E-state index contributed by atoms with van der Waals surface area (Å²) in [5.41, 5.74) is 0. The van der Waals surface area contributed by atoms with Gasteiger partial charge in [0.05, 0.1) is 0 Å². The molecule has 1 aliphatic heterocycles. The van der Waals surface area contributed by atoms with Crippen LogP contribution in [-0.2, 0) is 0 Å². The molecule has 0 aromatic heterocycles. The summed E-state index contributed by atoms with van der Waals surface area (Å²) in [6.07, 6.45) is 0.947. The molecule has 0 aromatic rings. The number of aliphatic hydroxyl groups is 1. The van der Waals surface area contributed by atoms with Crippen molar-refractivity contribution in [3.8, 4) is 0 Å². The van der Waals surface area contributed by atoms with Gasteiger partial charge in [-0.2, -0.15) is 0 Å². The maximum absolute atomic E-state index is 11.0. The first-order valence-corrected chi connectivity index (χ1v) is 3.36. The molecule has 10 heavy (non-hydrogen) atoms. The van der Waals surface area contributed by atoms with E-state index in [9.17, 15) is 4.79 Å².